The van der Waals surface area contributed by atoms with Crippen LogP contribution in [0.15, 0.2) is 0 Å². The molecule has 1 heterocycles. The number of likely N-dealkylation sites (tertiary alicyclic amines) is 1. The quantitative estimate of drug-likeness (QED) is 0.601. The standard InChI is InChI=1S/C11H22NO/c1-2-3-4-7-12-8-5-11(10-13)6-9-12/h11H,2-10H2,1H3. The minimum Gasteiger partial charge on any atom is -0.303 e. The van der Waals surface area contributed by atoms with Crippen LogP contribution in [0.5, 0.6) is 0 Å². The van der Waals surface area contributed by atoms with E-state index in [1.165, 1.54) is 25.8 Å². The van der Waals surface area contributed by atoms with Crippen LogP contribution in [0.2, 0.25) is 0 Å². The summed E-state index contributed by atoms with van der Waals surface area (Å²) in [6, 6.07) is 0. The Kier molecular flexibility index (Phi) is 5.40. The van der Waals surface area contributed by atoms with Gasteiger partial charge in [-0.15, -0.1) is 0 Å². The second-order valence-electron chi connectivity index (χ2n) is 4.16. The van der Waals surface area contributed by atoms with E-state index in [1.54, 1.807) is 0 Å². The Bertz CT molecular complexity index is 117. The molecule has 0 amide bonds. The number of rotatable bonds is 5. The third-order valence-corrected chi connectivity index (χ3v) is 3.02. The number of hydrogen-bond donors (Lipinski definition) is 0. The van der Waals surface area contributed by atoms with E-state index >= 15 is 0 Å². The van der Waals surface area contributed by atoms with Gasteiger partial charge in [-0.1, -0.05) is 19.8 Å². The van der Waals surface area contributed by atoms with Gasteiger partial charge in [-0.2, -0.15) is 0 Å². The molecule has 1 saturated heterocycles. The molecule has 0 aliphatic carbocycles. The molecule has 2 nitrogen and oxygen atoms in total. The van der Waals surface area contributed by atoms with E-state index in [9.17, 15) is 5.11 Å². The Labute approximate surface area is 81.9 Å². The third kappa shape index (κ3) is 4.10. The van der Waals surface area contributed by atoms with Gasteiger partial charge < -0.3 is 4.90 Å². The van der Waals surface area contributed by atoms with Crippen molar-refractivity contribution in [3.05, 3.63) is 0 Å². The van der Waals surface area contributed by atoms with Crippen LogP contribution in [0.4, 0.5) is 0 Å². The van der Waals surface area contributed by atoms with Crippen molar-refractivity contribution in [2.75, 3.05) is 26.2 Å². The molecule has 13 heavy (non-hydrogen) atoms. The van der Waals surface area contributed by atoms with Crippen molar-refractivity contribution < 1.29 is 5.11 Å². The SMILES string of the molecule is CCCCCN1CCC(C[O])CC1. The molecular weight excluding hydrogens is 162 g/mol. The highest BCUT2D eigenvalue weighted by atomic mass is 16.3. The van der Waals surface area contributed by atoms with Crippen molar-refractivity contribution in [1.82, 2.24) is 4.90 Å². The first-order chi connectivity index (χ1) is 6.36. The summed E-state index contributed by atoms with van der Waals surface area (Å²) in [5.41, 5.74) is 0. The second-order valence-corrected chi connectivity index (χ2v) is 4.16. The van der Waals surface area contributed by atoms with E-state index in [0.29, 0.717) is 5.92 Å². The first kappa shape index (κ1) is 11.0. The maximum atomic E-state index is 10.6. The molecular formula is C11H22NO. The summed E-state index contributed by atoms with van der Waals surface area (Å²) >= 11 is 0. The fraction of sp³-hybridized carbons (Fsp3) is 1.00. The molecule has 1 aliphatic rings. The zero-order valence-corrected chi connectivity index (χ0v) is 8.80. The summed E-state index contributed by atoms with van der Waals surface area (Å²) in [5, 5.41) is 10.6. The van der Waals surface area contributed by atoms with Crippen LogP contribution < -0.4 is 0 Å². The summed E-state index contributed by atoms with van der Waals surface area (Å²) in [4.78, 5) is 2.52. The third-order valence-electron chi connectivity index (χ3n) is 3.02. The molecule has 1 fully saturated rings. The lowest BCUT2D eigenvalue weighted by atomic mass is 9.98. The summed E-state index contributed by atoms with van der Waals surface area (Å²) in [6.07, 6.45) is 6.25. The topological polar surface area (TPSA) is 23.1 Å². The Balaban J connectivity index is 2.03. The van der Waals surface area contributed by atoms with Gasteiger partial charge in [0.15, 0.2) is 0 Å². The number of hydrogen-bond acceptors (Lipinski definition) is 1. The summed E-state index contributed by atoms with van der Waals surface area (Å²) < 4.78 is 0. The molecule has 0 unspecified atom stereocenters. The van der Waals surface area contributed by atoms with Gasteiger partial charge in [0.2, 0.25) is 0 Å². The lowest BCUT2D eigenvalue weighted by Gasteiger charge is -2.30. The highest BCUT2D eigenvalue weighted by molar-refractivity contribution is 4.71. The molecule has 0 aromatic rings. The van der Waals surface area contributed by atoms with Gasteiger partial charge in [-0.05, 0) is 44.8 Å². The average Bonchev–Trinajstić information content (AvgIpc) is 2.19. The van der Waals surface area contributed by atoms with Crippen molar-refractivity contribution in [1.29, 1.82) is 0 Å². The minimum atomic E-state index is 0.142. The molecule has 0 aromatic heterocycles. The van der Waals surface area contributed by atoms with Crippen LogP contribution in [0.1, 0.15) is 39.0 Å². The largest absolute Gasteiger partial charge is 0.303 e. The van der Waals surface area contributed by atoms with Crippen molar-refractivity contribution >= 4 is 0 Å². The normalized spacial score (nSPS) is 20.8. The molecule has 0 N–H and O–H groups in total. The lowest BCUT2D eigenvalue weighted by molar-refractivity contribution is 0.0908. The second kappa shape index (κ2) is 6.39. The molecule has 1 radical (unpaired) electrons. The van der Waals surface area contributed by atoms with E-state index < -0.39 is 0 Å². The number of unbranched alkanes of at least 4 members (excludes halogenated alkanes) is 2. The van der Waals surface area contributed by atoms with E-state index in [4.69, 9.17) is 0 Å². The Morgan fingerprint density at radius 2 is 1.92 bits per heavy atom. The van der Waals surface area contributed by atoms with Gasteiger partial charge in [-0.25, -0.2) is 5.11 Å². The summed E-state index contributed by atoms with van der Waals surface area (Å²) in [6.45, 7) is 5.96. The van der Waals surface area contributed by atoms with Crippen molar-refractivity contribution in [3.8, 4) is 0 Å². The Morgan fingerprint density at radius 3 is 2.46 bits per heavy atom. The molecule has 1 rings (SSSR count). The molecule has 0 spiro atoms. The molecule has 0 saturated carbocycles. The lowest BCUT2D eigenvalue weighted by Crippen LogP contribution is -2.35. The maximum Gasteiger partial charge on any atom is 0.0851 e. The zero-order valence-electron chi connectivity index (χ0n) is 8.80. The first-order valence-electron chi connectivity index (χ1n) is 5.67. The fourth-order valence-corrected chi connectivity index (χ4v) is 1.96. The first-order valence-corrected chi connectivity index (χ1v) is 5.67. The van der Waals surface area contributed by atoms with Crippen LogP contribution in [-0.2, 0) is 5.11 Å². The molecule has 77 valence electrons. The molecule has 0 aromatic carbocycles. The highest BCUT2D eigenvalue weighted by Crippen LogP contribution is 2.16. The number of piperidine rings is 1. The predicted octanol–water partition coefficient (Wildman–Crippen LogP) is 2.32. The van der Waals surface area contributed by atoms with Crippen molar-refractivity contribution in [3.63, 3.8) is 0 Å². The summed E-state index contributed by atoms with van der Waals surface area (Å²) in [7, 11) is 0. The van der Waals surface area contributed by atoms with Gasteiger partial charge >= 0.3 is 0 Å². The summed E-state index contributed by atoms with van der Waals surface area (Å²) in [5.74, 6) is 0.474. The van der Waals surface area contributed by atoms with E-state index in [2.05, 4.69) is 11.8 Å². The molecule has 2 heteroatoms. The average molecular weight is 184 g/mol. The van der Waals surface area contributed by atoms with Crippen LogP contribution in [-0.4, -0.2) is 31.1 Å². The molecule has 1 aliphatic heterocycles. The van der Waals surface area contributed by atoms with Gasteiger partial charge in [0.1, 0.15) is 0 Å². The van der Waals surface area contributed by atoms with Gasteiger partial charge in [0.25, 0.3) is 0 Å². The van der Waals surface area contributed by atoms with Crippen molar-refractivity contribution in [2.24, 2.45) is 5.92 Å². The smallest absolute Gasteiger partial charge is 0.0851 e. The maximum absolute atomic E-state index is 10.6. The van der Waals surface area contributed by atoms with Gasteiger partial charge in [0.05, 0.1) is 6.61 Å². The van der Waals surface area contributed by atoms with E-state index in [1.807, 2.05) is 0 Å². The monoisotopic (exact) mass is 184 g/mol. The van der Waals surface area contributed by atoms with Crippen LogP contribution in [0, 0.1) is 5.92 Å². The van der Waals surface area contributed by atoms with E-state index in [0.717, 1.165) is 25.9 Å². The molecule has 0 bridgehead atoms. The highest BCUT2D eigenvalue weighted by Gasteiger charge is 2.17. The van der Waals surface area contributed by atoms with Gasteiger partial charge in [0, 0.05) is 0 Å². The fourth-order valence-electron chi connectivity index (χ4n) is 1.96. The molecule has 0 atom stereocenters. The predicted molar refractivity (Wildman–Crippen MR) is 54.2 cm³/mol. The Morgan fingerprint density at radius 1 is 1.23 bits per heavy atom. The zero-order chi connectivity index (χ0) is 9.52. The van der Waals surface area contributed by atoms with Gasteiger partial charge in [-0.3, -0.25) is 0 Å². The number of nitrogens with zero attached hydrogens (tertiary/aromatic N) is 1. The van der Waals surface area contributed by atoms with Crippen LogP contribution >= 0.6 is 0 Å². The van der Waals surface area contributed by atoms with Crippen molar-refractivity contribution in [2.45, 2.75) is 39.0 Å². The Hall–Kier alpha value is -0.0800. The minimum absolute atomic E-state index is 0.142. The van der Waals surface area contributed by atoms with Crippen LogP contribution in [0.25, 0.3) is 0 Å². The van der Waals surface area contributed by atoms with E-state index in [-0.39, 0.29) is 6.61 Å². The van der Waals surface area contributed by atoms with Crippen LogP contribution in [0.3, 0.4) is 0 Å².